The second-order valence-corrected chi connectivity index (χ2v) is 35.5. The number of hydrogen-bond acceptors (Lipinski definition) is 30. The number of halogens is 8. The molecular formula is C72H78B2Br3F4IN18O10S4. The average molecular weight is 1950 g/mol. The monoisotopic (exact) mass is 1940 g/mol. The van der Waals surface area contributed by atoms with E-state index in [2.05, 4.69) is 108 Å². The van der Waals surface area contributed by atoms with E-state index in [1.807, 2.05) is 83.1 Å². The van der Waals surface area contributed by atoms with Crippen molar-refractivity contribution in [1.29, 1.82) is 10.8 Å². The van der Waals surface area contributed by atoms with Crippen LogP contribution in [0.5, 0.6) is 15.6 Å². The number of nitrogen functional groups attached to an aromatic ring is 2. The SMILES string of the molecule is Brc1cnc(Br)s1.CC(C)OB1OC(C)(C)C(C)(C)O1.CC(C)Oc1ncc(B(O)O)s1.CC(C)Oc1ncc(Br)s1.CC(C)Oc1ncc(C(=N)c2c(N)ncnc2NC(C)c2nc3ccc(F)cn3c(=O)c2-c2cccc(F)c2)s1.CC(Nc1ncnc(N)c1C(=N)I)c1nc2ccc(F)cn2c(=O)c1-c1cccc(F)c1. The fraction of sp³-hybridized carbons (Fsp3) is 0.306. The molecule has 12 aromatic rings. The third-order valence-electron chi connectivity index (χ3n) is 15.6. The van der Waals surface area contributed by atoms with Crippen LogP contribution in [-0.2, 0) is 14.0 Å². The molecule has 0 amide bonds. The van der Waals surface area contributed by atoms with Crippen LogP contribution in [0.2, 0.25) is 0 Å². The molecule has 0 radical (unpaired) electrons. The fourth-order valence-corrected chi connectivity index (χ4v) is 15.4. The number of anilines is 4. The highest BCUT2D eigenvalue weighted by Gasteiger charge is 2.53. The van der Waals surface area contributed by atoms with E-state index in [1.54, 1.807) is 72.3 Å². The summed E-state index contributed by atoms with van der Waals surface area (Å²) in [6, 6.07) is 14.9. The first-order chi connectivity index (χ1) is 53.7. The van der Waals surface area contributed by atoms with Crippen LogP contribution in [0.15, 0.2) is 144 Å². The number of ether oxygens (including phenoxy) is 3. The second-order valence-electron chi connectivity index (χ2n) is 26.4. The topological polar surface area (TPSA) is 392 Å². The van der Waals surface area contributed by atoms with Crippen molar-refractivity contribution in [2.75, 3.05) is 22.1 Å². The van der Waals surface area contributed by atoms with E-state index < -0.39 is 60.9 Å². The lowest BCUT2D eigenvalue weighted by Crippen LogP contribution is -2.41. The number of pyridine rings is 2. The van der Waals surface area contributed by atoms with Gasteiger partial charge in [0.1, 0.15) is 74.2 Å². The van der Waals surface area contributed by atoms with E-state index in [4.69, 9.17) is 60.5 Å². The van der Waals surface area contributed by atoms with Gasteiger partial charge in [-0.1, -0.05) is 58.3 Å². The van der Waals surface area contributed by atoms with Gasteiger partial charge < -0.3 is 60.3 Å². The molecule has 1 fully saturated rings. The van der Waals surface area contributed by atoms with Gasteiger partial charge in [-0.2, -0.15) is 0 Å². The second kappa shape index (κ2) is 40.9. The summed E-state index contributed by atoms with van der Waals surface area (Å²) in [4.78, 5) is 69.0. The first-order valence-electron chi connectivity index (χ1n) is 34.4. The Labute approximate surface area is 708 Å². The van der Waals surface area contributed by atoms with Crippen molar-refractivity contribution in [2.45, 2.75) is 145 Å². The van der Waals surface area contributed by atoms with Crippen molar-refractivity contribution in [3.8, 4) is 37.8 Å². The summed E-state index contributed by atoms with van der Waals surface area (Å²) in [5, 5.41) is 42.2. The molecule has 11 heterocycles. The average Bonchev–Trinajstić information content (AvgIpc) is 1.26. The number of aromatic nitrogens is 12. The van der Waals surface area contributed by atoms with Crippen LogP contribution < -0.4 is 52.2 Å². The van der Waals surface area contributed by atoms with Gasteiger partial charge >= 0.3 is 14.4 Å². The van der Waals surface area contributed by atoms with E-state index >= 15 is 0 Å². The smallest absolute Gasteiger partial charge is 0.467 e. The summed E-state index contributed by atoms with van der Waals surface area (Å²) < 4.78 is 94.5. The van der Waals surface area contributed by atoms with E-state index in [1.165, 1.54) is 108 Å². The van der Waals surface area contributed by atoms with Crippen LogP contribution in [0, 0.1) is 34.1 Å². The predicted molar refractivity (Wildman–Crippen MR) is 458 cm³/mol. The Morgan fingerprint density at radius 2 is 1.00 bits per heavy atom. The number of thiazole rings is 4. The first kappa shape index (κ1) is 91.1. The molecule has 2 aromatic carbocycles. The zero-order valence-electron chi connectivity index (χ0n) is 63.5. The molecule has 10 aromatic heterocycles. The van der Waals surface area contributed by atoms with Gasteiger partial charge in [0.15, 0.2) is 3.92 Å². The van der Waals surface area contributed by atoms with Gasteiger partial charge in [-0.25, -0.2) is 67.4 Å². The third kappa shape index (κ3) is 25.1. The molecule has 0 aliphatic carbocycles. The summed E-state index contributed by atoms with van der Waals surface area (Å²) in [5.74, 6) is -1.60. The van der Waals surface area contributed by atoms with Crippen molar-refractivity contribution in [1.82, 2.24) is 58.6 Å². The minimum atomic E-state index is -1.45. The van der Waals surface area contributed by atoms with Gasteiger partial charge in [0.2, 0.25) is 0 Å². The minimum absolute atomic E-state index is 0.0243. The highest BCUT2D eigenvalue weighted by Crippen LogP contribution is 2.38. The molecule has 2 atom stereocenters. The van der Waals surface area contributed by atoms with Gasteiger partial charge in [-0.15, -0.1) is 11.3 Å². The highest BCUT2D eigenvalue weighted by atomic mass is 127. The molecule has 114 heavy (non-hydrogen) atoms. The maximum absolute atomic E-state index is 14.2. The number of hydrogen-bond donors (Lipinski definition) is 8. The highest BCUT2D eigenvalue weighted by molar-refractivity contribution is 14.1. The zero-order chi connectivity index (χ0) is 83.8. The molecule has 1 aliphatic heterocycles. The number of fused-ring (bicyclic) bond motifs is 2. The van der Waals surface area contributed by atoms with Crippen molar-refractivity contribution >= 4 is 179 Å². The van der Waals surface area contributed by atoms with Crippen LogP contribution in [0.25, 0.3) is 33.5 Å². The molecule has 42 heteroatoms. The lowest BCUT2D eigenvalue weighted by molar-refractivity contribution is 0.00578. The quantitative estimate of drug-likeness (QED) is 0.0152. The van der Waals surface area contributed by atoms with Gasteiger partial charge in [-0.05, 0) is 227 Å². The summed E-state index contributed by atoms with van der Waals surface area (Å²) in [5.41, 5.74) is 12.7. The molecule has 0 saturated carbocycles. The van der Waals surface area contributed by atoms with Crippen LogP contribution >= 0.6 is 116 Å². The molecule has 13 rings (SSSR count). The summed E-state index contributed by atoms with van der Waals surface area (Å²) in [6.07, 6.45) is 11.3. The van der Waals surface area contributed by atoms with E-state index in [-0.39, 0.29) is 108 Å². The molecule has 2 unspecified atom stereocenters. The Bertz CT molecular complexity index is 5430. The molecule has 1 saturated heterocycles. The number of benzene rings is 2. The molecule has 0 bridgehead atoms. The number of rotatable bonds is 20. The van der Waals surface area contributed by atoms with Gasteiger partial charge in [0, 0.05) is 24.7 Å². The van der Waals surface area contributed by atoms with Crippen molar-refractivity contribution in [3.63, 3.8) is 0 Å². The van der Waals surface area contributed by atoms with Crippen molar-refractivity contribution in [3.05, 3.63) is 205 Å². The molecule has 1 aliphatic rings. The van der Waals surface area contributed by atoms with Crippen molar-refractivity contribution < 1.29 is 55.8 Å². The molecule has 0 spiro atoms. The molecule has 28 nitrogen and oxygen atoms in total. The number of nitrogens with two attached hydrogens (primary N) is 2. The van der Waals surface area contributed by atoms with E-state index in [0.717, 1.165) is 49.2 Å². The standard InChI is InChI=1S/C27H24F2N8O2S.C21H16F2IN7O.C9H19BO3.C6H10BNO3S.C6H8BrNOS.C3HBr2NS/c1-13(2)39-27-32-10-18(40-27)22(30)21-24(31)33-12-34-25(21)35-14(3)23-20(15-5-4-6-16(28)9-15)26(38)37-11-17(29)7-8-19(37)36-23;1-10(29-20-16(18(24)25)19(26)27-9-28-20)17-15(11-3-2-4-12(22)7-11)21(32)31-8-13(23)5-6-14(31)30-17;1-7(2)11-10-12-8(3,4)9(5,6)13-10;1-4(2)11-6-8-3-5(12-6)7(9)10;1-4(2)9-6-8-3-5(7)10-6;4-2-1-6-3(5)7-2/h4-14,30H,1-3H3,(H3,31,33,34,35);2-10,25H,1H3,(H3,26,27,28,29);7H,1-6H3;3-4,9-10H,1-2H3;3-4H,1-2H3;1H. The minimum Gasteiger partial charge on any atom is -0.467 e. The Hall–Kier alpha value is -8.40. The predicted octanol–water partition coefficient (Wildman–Crippen LogP) is 15.8. The number of nitrogens with zero attached hydrogens (tertiary/aromatic N) is 12. The Morgan fingerprint density at radius 1 is 0.570 bits per heavy atom. The van der Waals surface area contributed by atoms with E-state index in [0.29, 0.717) is 36.9 Å². The molecule has 602 valence electrons. The summed E-state index contributed by atoms with van der Waals surface area (Å²) in [7, 11) is -1.97. The van der Waals surface area contributed by atoms with E-state index in [9.17, 15) is 27.2 Å². The molecule has 10 N–H and O–H groups in total. The first-order valence-corrected chi connectivity index (χ1v) is 41.1. The Kier molecular flexibility index (Phi) is 32.7. The zero-order valence-corrected chi connectivity index (χ0v) is 73.7. The summed E-state index contributed by atoms with van der Waals surface area (Å²) >= 11 is 16.9. The fourth-order valence-electron chi connectivity index (χ4n) is 9.94. The largest absolute Gasteiger partial charge is 0.640 e. The normalized spacial score (nSPS) is 13.1. The van der Waals surface area contributed by atoms with Crippen molar-refractivity contribution in [2.24, 2.45) is 0 Å². The van der Waals surface area contributed by atoms with Gasteiger partial charge in [0.25, 0.3) is 26.7 Å². The maximum Gasteiger partial charge on any atom is 0.640 e. The van der Waals surface area contributed by atoms with Crippen LogP contribution in [0.1, 0.15) is 136 Å². The van der Waals surface area contributed by atoms with Gasteiger partial charge in [-0.3, -0.25) is 29.2 Å². The Morgan fingerprint density at radius 3 is 1.39 bits per heavy atom. The Balaban J connectivity index is 0.000000192. The summed E-state index contributed by atoms with van der Waals surface area (Å²) in [6.45, 7) is 26.9. The van der Waals surface area contributed by atoms with Gasteiger partial charge in [0.05, 0.1) is 117 Å². The lowest BCUT2D eigenvalue weighted by Gasteiger charge is -2.31. The van der Waals surface area contributed by atoms with Crippen LogP contribution in [-0.4, -0.2) is 128 Å². The third-order valence-corrected chi connectivity index (χ3v) is 21.3. The maximum atomic E-state index is 14.2. The molecular weight excluding hydrogens is 1870 g/mol. The lowest BCUT2D eigenvalue weighted by atomic mass is 9.90. The van der Waals surface area contributed by atoms with Crippen LogP contribution in [0.4, 0.5) is 40.8 Å². The number of nitrogens with one attached hydrogen (secondary N) is 4. The van der Waals surface area contributed by atoms with Crippen LogP contribution in [0.3, 0.4) is 0 Å².